The maximum Gasteiger partial charge on any atom is 0.333 e. The molecule has 1 N–H and O–H groups in total. The Morgan fingerprint density at radius 3 is 2.93 bits per heavy atom. The van der Waals surface area contributed by atoms with Gasteiger partial charge in [0.05, 0.1) is 5.70 Å². The third-order valence-corrected chi connectivity index (χ3v) is 2.28. The molecule has 0 saturated heterocycles. The predicted molar refractivity (Wildman–Crippen MR) is 56.8 cm³/mol. The second-order valence-corrected chi connectivity index (χ2v) is 3.83. The highest BCUT2D eigenvalue weighted by atomic mass is 79.9. The molecular formula is C10H8BrNO2. The normalized spacial score (nSPS) is 14.9. The Morgan fingerprint density at radius 1 is 1.43 bits per heavy atom. The zero-order valence-corrected chi connectivity index (χ0v) is 8.87. The van der Waals surface area contributed by atoms with E-state index in [9.17, 15) is 4.79 Å². The standard InChI is InChI=1S/C10H8BrNO2/c11-7-2-1-3-8(4-7)12-9-5-10(13)14-6-9/h1-5,12H,6H2. The lowest BCUT2D eigenvalue weighted by molar-refractivity contribution is -0.134. The summed E-state index contributed by atoms with van der Waals surface area (Å²) in [5.41, 5.74) is 1.72. The first-order valence-electron chi connectivity index (χ1n) is 4.14. The summed E-state index contributed by atoms with van der Waals surface area (Å²) in [5, 5.41) is 3.10. The number of carbonyl (C=O) groups excluding carboxylic acids is 1. The van der Waals surface area contributed by atoms with E-state index >= 15 is 0 Å². The van der Waals surface area contributed by atoms with Gasteiger partial charge in [-0.1, -0.05) is 22.0 Å². The van der Waals surface area contributed by atoms with Crippen molar-refractivity contribution >= 4 is 27.6 Å². The van der Waals surface area contributed by atoms with Gasteiger partial charge in [-0.15, -0.1) is 0 Å². The van der Waals surface area contributed by atoms with Crippen LogP contribution in [0.3, 0.4) is 0 Å². The van der Waals surface area contributed by atoms with Gasteiger partial charge < -0.3 is 10.1 Å². The molecule has 0 spiro atoms. The molecule has 0 unspecified atom stereocenters. The van der Waals surface area contributed by atoms with Crippen molar-refractivity contribution in [1.82, 2.24) is 0 Å². The van der Waals surface area contributed by atoms with Crippen LogP contribution < -0.4 is 5.32 Å². The fourth-order valence-electron chi connectivity index (χ4n) is 1.20. The lowest BCUT2D eigenvalue weighted by atomic mass is 10.3. The molecule has 1 aliphatic heterocycles. The maximum atomic E-state index is 10.8. The average molecular weight is 254 g/mol. The minimum absolute atomic E-state index is 0.289. The van der Waals surface area contributed by atoms with Gasteiger partial charge in [0.15, 0.2) is 0 Å². The van der Waals surface area contributed by atoms with Crippen molar-refractivity contribution in [2.45, 2.75) is 0 Å². The van der Waals surface area contributed by atoms with E-state index < -0.39 is 0 Å². The highest BCUT2D eigenvalue weighted by molar-refractivity contribution is 9.10. The monoisotopic (exact) mass is 253 g/mol. The number of benzene rings is 1. The Bertz CT molecular complexity index is 401. The molecule has 0 aromatic heterocycles. The quantitative estimate of drug-likeness (QED) is 0.823. The molecular weight excluding hydrogens is 246 g/mol. The lowest BCUT2D eigenvalue weighted by Crippen LogP contribution is -2.00. The fourth-order valence-corrected chi connectivity index (χ4v) is 1.60. The molecule has 14 heavy (non-hydrogen) atoms. The van der Waals surface area contributed by atoms with Gasteiger partial charge >= 0.3 is 5.97 Å². The van der Waals surface area contributed by atoms with E-state index in [4.69, 9.17) is 4.74 Å². The molecule has 0 aliphatic carbocycles. The highest BCUT2D eigenvalue weighted by Crippen LogP contribution is 2.18. The van der Waals surface area contributed by atoms with Crippen LogP contribution in [-0.4, -0.2) is 12.6 Å². The molecule has 0 atom stereocenters. The molecule has 2 rings (SSSR count). The van der Waals surface area contributed by atoms with E-state index in [0.717, 1.165) is 15.9 Å². The molecule has 4 heteroatoms. The van der Waals surface area contributed by atoms with E-state index in [2.05, 4.69) is 21.2 Å². The van der Waals surface area contributed by atoms with E-state index in [0.29, 0.717) is 6.61 Å². The van der Waals surface area contributed by atoms with Gasteiger partial charge in [-0.3, -0.25) is 0 Å². The van der Waals surface area contributed by atoms with Crippen LogP contribution in [0.15, 0.2) is 40.5 Å². The number of anilines is 1. The Morgan fingerprint density at radius 2 is 2.29 bits per heavy atom. The van der Waals surface area contributed by atoms with Crippen LogP contribution in [0.1, 0.15) is 0 Å². The SMILES string of the molecule is O=C1C=C(Nc2cccc(Br)c2)CO1. The van der Waals surface area contributed by atoms with Gasteiger partial charge in [-0.25, -0.2) is 4.79 Å². The topological polar surface area (TPSA) is 38.3 Å². The molecule has 72 valence electrons. The number of nitrogens with one attached hydrogen (secondary N) is 1. The molecule has 1 aliphatic rings. The van der Waals surface area contributed by atoms with Crippen molar-refractivity contribution in [3.63, 3.8) is 0 Å². The number of cyclic esters (lactones) is 1. The van der Waals surface area contributed by atoms with Crippen molar-refractivity contribution < 1.29 is 9.53 Å². The number of halogens is 1. The molecule has 1 heterocycles. The zero-order chi connectivity index (χ0) is 9.97. The third kappa shape index (κ3) is 2.14. The molecule has 0 saturated carbocycles. The predicted octanol–water partition coefficient (Wildman–Crippen LogP) is 2.30. The fraction of sp³-hybridized carbons (Fsp3) is 0.100. The average Bonchev–Trinajstić information content (AvgIpc) is 2.51. The van der Waals surface area contributed by atoms with E-state index in [1.807, 2.05) is 24.3 Å². The molecule has 0 amide bonds. The third-order valence-electron chi connectivity index (χ3n) is 1.79. The van der Waals surface area contributed by atoms with E-state index in [1.54, 1.807) is 0 Å². The second kappa shape index (κ2) is 3.84. The molecule has 0 bridgehead atoms. The van der Waals surface area contributed by atoms with Crippen LogP contribution >= 0.6 is 15.9 Å². The number of rotatable bonds is 2. The summed E-state index contributed by atoms with van der Waals surface area (Å²) in [7, 11) is 0. The van der Waals surface area contributed by atoms with E-state index in [-0.39, 0.29) is 5.97 Å². The van der Waals surface area contributed by atoms with Crippen LogP contribution in [0.25, 0.3) is 0 Å². The molecule has 1 aromatic rings. The molecule has 1 aromatic carbocycles. The molecule has 0 radical (unpaired) electrons. The van der Waals surface area contributed by atoms with Crippen LogP contribution in [0.5, 0.6) is 0 Å². The first-order valence-corrected chi connectivity index (χ1v) is 4.93. The lowest BCUT2D eigenvalue weighted by Gasteiger charge is -2.05. The summed E-state index contributed by atoms with van der Waals surface area (Å²) in [5.74, 6) is -0.289. The number of hydrogen-bond acceptors (Lipinski definition) is 3. The van der Waals surface area contributed by atoms with Gasteiger partial charge in [0.25, 0.3) is 0 Å². The van der Waals surface area contributed by atoms with Gasteiger partial charge in [-0.2, -0.15) is 0 Å². The van der Waals surface area contributed by atoms with Crippen molar-refractivity contribution in [1.29, 1.82) is 0 Å². The Hall–Kier alpha value is -1.29. The Labute approximate surface area is 89.9 Å². The second-order valence-electron chi connectivity index (χ2n) is 2.91. The van der Waals surface area contributed by atoms with Crippen molar-refractivity contribution in [2.75, 3.05) is 11.9 Å². The minimum atomic E-state index is -0.289. The molecule has 0 fully saturated rings. The van der Waals surface area contributed by atoms with Crippen molar-refractivity contribution in [3.8, 4) is 0 Å². The molecule has 3 nitrogen and oxygen atoms in total. The van der Waals surface area contributed by atoms with Crippen LogP contribution in [0, 0.1) is 0 Å². The Balaban J connectivity index is 2.11. The smallest absolute Gasteiger partial charge is 0.333 e. The van der Waals surface area contributed by atoms with Gasteiger partial charge in [0.2, 0.25) is 0 Å². The summed E-state index contributed by atoms with van der Waals surface area (Å²) >= 11 is 3.37. The van der Waals surface area contributed by atoms with Gasteiger partial charge in [0.1, 0.15) is 6.61 Å². The Kier molecular flexibility index (Phi) is 2.54. The van der Waals surface area contributed by atoms with Crippen molar-refractivity contribution in [3.05, 3.63) is 40.5 Å². The first-order chi connectivity index (χ1) is 6.74. The van der Waals surface area contributed by atoms with Crippen molar-refractivity contribution in [2.24, 2.45) is 0 Å². The largest absolute Gasteiger partial charge is 0.456 e. The van der Waals surface area contributed by atoms with E-state index in [1.165, 1.54) is 6.08 Å². The summed E-state index contributed by atoms with van der Waals surface area (Å²) in [6.07, 6.45) is 1.46. The number of esters is 1. The summed E-state index contributed by atoms with van der Waals surface area (Å²) in [6.45, 7) is 0.325. The summed E-state index contributed by atoms with van der Waals surface area (Å²) < 4.78 is 5.76. The summed E-state index contributed by atoms with van der Waals surface area (Å²) in [6, 6.07) is 7.72. The first kappa shape index (κ1) is 9.27. The zero-order valence-electron chi connectivity index (χ0n) is 7.29. The van der Waals surface area contributed by atoms with Crippen LogP contribution in [0.4, 0.5) is 5.69 Å². The summed E-state index contributed by atoms with van der Waals surface area (Å²) in [4.78, 5) is 10.8. The number of hydrogen-bond donors (Lipinski definition) is 1. The number of carbonyl (C=O) groups is 1. The van der Waals surface area contributed by atoms with Gasteiger partial charge in [0, 0.05) is 16.2 Å². The maximum absolute atomic E-state index is 10.8. The minimum Gasteiger partial charge on any atom is -0.456 e. The van der Waals surface area contributed by atoms with Crippen LogP contribution in [-0.2, 0) is 9.53 Å². The van der Waals surface area contributed by atoms with Gasteiger partial charge in [-0.05, 0) is 18.2 Å². The number of ether oxygens (including phenoxy) is 1. The van der Waals surface area contributed by atoms with Crippen LogP contribution in [0.2, 0.25) is 0 Å². The highest BCUT2D eigenvalue weighted by Gasteiger charge is 2.12.